The van der Waals surface area contributed by atoms with Crippen molar-refractivity contribution in [1.82, 2.24) is 0 Å². The van der Waals surface area contributed by atoms with E-state index in [4.69, 9.17) is 11.6 Å². The third kappa shape index (κ3) is 2.47. The van der Waals surface area contributed by atoms with Crippen molar-refractivity contribution < 1.29 is 9.18 Å². The first-order valence-electron chi connectivity index (χ1n) is 6.08. The normalized spacial score (nSPS) is 10.9. The fourth-order valence-electron chi connectivity index (χ4n) is 2.15. The number of carbonyl (C=O) groups excluding carboxylic acids is 1. The summed E-state index contributed by atoms with van der Waals surface area (Å²) in [4.78, 5) is 12.4. The lowest BCUT2D eigenvalue weighted by Crippen LogP contribution is -2.04. The van der Waals surface area contributed by atoms with E-state index in [1.165, 1.54) is 12.1 Å². The molecule has 0 N–H and O–H groups in total. The van der Waals surface area contributed by atoms with Gasteiger partial charge in [0.25, 0.3) is 0 Å². The number of rotatable bonds is 3. The molecule has 0 aliphatic carbocycles. The molecule has 0 fully saturated rings. The summed E-state index contributed by atoms with van der Waals surface area (Å²) in [5, 5.41) is 3.31. The molecule has 0 saturated carbocycles. The second-order valence-corrected chi connectivity index (χ2v) is 5.80. The fourth-order valence-corrected chi connectivity index (χ4v) is 3.31. The smallest absolute Gasteiger partial charge is 0.168 e. The molecule has 1 heterocycles. The first-order valence-corrected chi connectivity index (χ1v) is 7.34. The minimum atomic E-state index is -0.397. The number of fused-ring (bicyclic) bond motifs is 1. The first kappa shape index (κ1) is 13.3. The van der Waals surface area contributed by atoms with Crippen LogP contribution in [0.4, 0.5) is 4.39 Å². The largest absolute Gasteiger partial charge is 0.294 e. The fraction of sp³-hybridized carbons (Fsp3) is 0.0625. The van der Waals surface area contributed by atoms with Gasteiger partial charge in [0, 0.05) is 21.7 Å². The van der Waals surface area contributed by atoms with Crippen LogP contribution in [0.1, 0.15) is 15.9 Å². The van der Waals surface area contributed by atoms with Crippen molar-refractivity contribution in [1.29, 1.82) is 0 Å². The zero-order valence-corrected chi connectivity index (χ0v) is 12.0. The van der Waals surface area contributed by atoms with Crippen molar-refractivity contribution in [2.45, 2.75) is 6.42 Å². The number of benzene rings is 2. The third-order valence-corrected chi connectivity index (χ3v) is 4.46. The van der Waals surface area contributed by atoms with Crippen LogP contribution in [0.3, 0.4) is 0 Å². The van der Waals surface area contributed by atoms with Crippen molar-refractivity contribution in [2.24, 2.45) is 0 Å². The molecule has 3 rings (SSSR count). The van der Waals surface area contributed by atoms with Gasteiger partial charge in [-0.1, -0.05) is 29.8 Å². The van der Waals surface area contributed by atoms with Gasteiger partial charge in [-0.3, -0.25) is 4.79 Å². The molecule has 0 atom stereocenters. The van der Waals surface area contributed by atoms with Crippen LogP contribution in [0.5, 0.6) is 0 Å². The third-order valence-electron chi connectivity index (χ3n) is 3.15. The number of hydrogen-bond donors (Lipinski definition) is 0. The summed E-state index contributed by atoms with van der Waals surface area (Å²) >= 11 is 7.51. The zero-order valence-electron chi connectivity index (χ0n) is 10.4. The standard InChI is InChI=1S/C16H10ClFOS/c17-14-9-12(18)5-4-11(14)8-15(19)13-3-1-2-10-6-7-20-16(10)13/h1-7,9H,8H2. The molecule has 0 unspecified atom stereocenters. The topological polar surface area (TPSA) is 17.1 Å². The molecule has 0 aliphatic rings. The van der Waals surface area contributed by atoms with Crippen LogP contribution in [-0.4, -0.2) is 5.78 Å². The first-order chi connectivity index (χ1) is 9.65. The highest BCUT2D eigenvalue weighted by Crippen LogP contribution is 2.27. The van der Waals surface area contributed by atoms with E-state index < -0.39 is 5.82 Å². The predicted molar refractivity (Wildman–Crippen MR) is 81.3 cm³/mol. The van der Waals surface area contributed by atoms with E-state index in [2.05, 4.69) is 0 Å². The van der Waals surface area contributed by atoms with Gasteiger partial charge in [0.2, 0.25) is 0 Å². The average Bonchev–Trinajstić information content (AvgIpc) is 2.90. The van der Waals surface area contributed by atoms with Crippen LogP contribution in [0.15, 0.2) is 47.8 Å². The second kappa shape index (κ2) is 5.35. The van der Waals surface area contributed by atoms with E-state index >= 15 is 0 Å². The van der Waals surface area contributed by atoms with Crippen molar-refractivity contribution in [3.05, 3.63) is 69.8 Å². The van der Waals surface area contributed by atoms with Gasteiger partial charge in [0.05, 0.1) is 0 Å². The van der Waals surface area contributed by atoms with Gasteiger partial charge in [-0.05, 0) is 40.6 Å². The van der Waals surface area contributed by atoms with Gasteiger partial charge in [0.15, 0.2) is 5.78 Å². The van der Waals surface area contributed by atoms with E-state index in [9.17, 15) is 9.18 Å². The van der Waals surface area contributed by atoms with E-state index in [1.807, 2.05) is 29.6 Å². The lowest BCUT2D eigenvalue weighted by Gasteiger charge is -2.05. The Balaban J connectivity index is 1.95. The van der Waals surface area contributed by atoms with Gasteiger partial charge in [-0.25, -0.2) is 4.39 Å². The molecule has 4 heteroatoms. The summed E-state index contributed by atoms with van der Waals surface area (Å²) in [6.45, 7) is 0. The molecular formula is C16H10ClFOS. The summed E-state index contributed by atoms with van der Waals surface area (Å²) in [5.74, 6) is -0.405. The average molecular weight is 305 g/mol. The van der Waals surface area contributed by atoms with Gasteiger partial charge in [-0.15, -0.1) is 11.3 Å². The summed E-state index contributed by atoms with van der Waals surface area (Å²) in [6, 6.07) is 11.8. The summed E-state index contributed by atoms with van der Waals surface area (Å²) in [5.41, 5.74) is 1.34. The Morgan fingerprint density at radius 1 is 1.20 bits per heavy atom. The van der Waals surface area contributed by atoms with Crippen LogP contribution in [0, 0.1) is 5.82 Å². The van der Waals surface area contributed by atoms with Crippen molar-refractivity contribution >= 4 is 38.8 Å². The number of halogens is 2. The van der Waals surface area contributed by atoms with Crippen LogP contribution in [0.2, 0.25) is 5.02 Å². The maximum Gasteiger partial charge on any atom is 0.168 e. The number of carbonyl (C=O) groups is 1. The molecule has 1 aromatic heterocycles. The van der Waals surface area contributed by atoms with E-state index in [0.717, 1.165) is 10.1 Å². The lowest BCUT2D eigenvalue weighted by atomic mass is 10.0. The van der Waals surface area contributed by atoms with E-state index in [1.54, 1.807) is 17.4 Å². The predicted octanol–water partition coefficient (Wildman–Crippen LogP) is 5.12. The quantitative estimate of drug-likeness (QED) is 0.614. The SMILES string of the molecule is O=C(Cc1ccc(F)cc1Cl)c1cccc2ccsc12. The number of Topliss-reactive ketones (excluding diaryl/α,β-unsaturated/α-hetero) is 1. The maximum atomic E-state index is 13.0. The van der Waals surface area contributed by atoms with E-state index in [-0.39, 0.29) is 17.2 Å². The molecule has 0 radical (unpaired) electrons. The minimum absolute atomic E-state index is 0.00782. The molecule has 3 aromatic rings. The van der Waals surface area contributed by atoms with Crippen LogP contribution >= 0.6 is 22.9 Å². The summed E-state index contributed by atoms with van der Waals surface area (Å²) < 4.78 is 14.0. The lowest BCUT2D eigenvalue weighted by molar-refractivity contribution is 0.0994. The Labute approximate surface area is 124 Å². The van der Waals surface area contributed by atoms with Gasteiger partial charge >= 0.3 is 0 Å². The molecule has 2 aromatic carbocycles. The van der Waals surface area contributed by atoms with Crippen LogP contribution in [0.25, 0.3) is 10.1 Å². The maximum absolute atomic E-state index is 13.0. The highest BCUT2D eigenvalue weighted by Gasteiger charge is 2.13. The van der Waals surface area contributed by atoms with Gasteiger partial charge in [-0.2, -0.15) is 0 Å². The highest BCUT2D eigenvalue weighted by atomic mass is 35.5. The number of thiophene rings is 1. The van der Waals surface area contributed by atoms with Crippen molar-refractivity contribution in [3.8, 4) is 0 Å². The van der Waals surface area contributed by atoms with Crippen molar-refractivity contribution in [3.63, 3.8) is 0 Å². The minimum Gasteiger partial charge on any atom is -0.294 e. The number of ketones is 1. The van der Waals surface area contributed by atoms with Crippen LogP contribution < -0.4 is 0 Å². The van der Waals surface area contributed by atoms with Crippen LogP contribution in [-0.2, 0) is 6.42 Å². The molecule has 1 nitrogen and oxygen atoms in total. The van der Waals surface area contributed by atoms with E-state index in [0.29, 0.717) is 11.1 Å². The second-order valence-electron chi connectivity index (χ2n) is 4.48. The molecule has 20 heavy (non-hydrogen) atoms. The van der Waals surface area contributed by atoms with Crippen molar-refractivity contribution in [2.75, 3.05) is 0 Å². The molecule has 0 spiro atoms. The Bertz CT molecular complexity index is 794. The molecule has 0 aliphatic heterocycles. The van der Waals surface area contributed by atoms with Gasteiger partial charge in [0.1, 0.15) is 5.82 Å². The summed E-state index contributed by atoms with van der Waals surface area (Å²) in [6.07, 6.45) is 0.177. The Morgan fingerprint density at radius 2 is 2.05 bits per heavy atom. The van der Waals surface area contributed by atoms with Gasteiger partial charge < -0.3 is 0 Å². The Morgan fingerprint density at radius 3 is 2.85 bits per heavy atom. The molecular weight excluding hydrogens is 295 g/mol. The molecule has 100 valence electrons. The summed E-state index contributed by atoms with van der Waals surface area (Å²) in [7, 11) is 0. The highest BCUT2D eigenvalue weighted by molar-refractivity contribution is 7.17. The molecule has 0 saturated heterocycles. The number of hydrogen-bond acceptors (Lipinski definition) is 2. The Kier molecular flexibility index (Phi) is 3.55. The zero-order chi connectivity index (χ0) is 14.1. The molecule has 0 amide bonds. The monoisotopic (exact) mass is 304 g/mol. The molecule has 0 bridgehead atoms. The Hall–Kier alpha value is -1.71.